The van der Waals surface area contributed by atoms with Crippen molar-refractivity contribution in [2.75, 3.05) is 5.75 Å². The van der Waals surface area contributed by atoms with Gasteiger partial charge in [-0.05, 0) is 36.0 Å². The van der Waals surface area contributed by atoms with E-state index < -0.39 is 0 Å². The first-order valence-corrected chi connectivity index (χ1v) is 8.61. The number of nitrogens with zero attached hydrogens (tertiary/aromatic N) is 2. The molecule has 0 fully saturated rings. The lowest BCUT2D eigenvalue weighted by molar-refractivity contribution is 0.689. The van der Waals surface area contributed by atoms with Crippen LogP contribution in [-0.4, -0.2) is 15.3 Å². The molecular weight excluding hydrogens is 276 g/mol. The number of thioether (sulfide) groups is 1. The van der Waals surface area contributed by atoms with E-state index in [4.69, 9.17) is 0 Å². The van der Waals surface area contributed by atoms with Gasteiger partial charge in [0.2, 0.25) is 0 Å². The van der Waals surface area contributed by atoms with E-state index in [0.29, 0.717) is 0 Å². The van der Waals surface area contributed by atoms with Crippen molar-refractivity contribution in [2.24, 2.45) is 0 Å². The van der Waals surface area contributed by atoms with Crippen LogP contribution in [0.2, 0.25) is 0 Å². The normalized spacial score (nSPS) is 10.8. The van der Waals surface area contributed by atoms with Crippen LogP contribution in [0, 0.1) is 0 Å². The number of aromatic nitrogens is 2. The topological polar surface area (TPSA) is 17.8 Å². The van der Waals surface area contributed by atoms with Crippen LogP contribution in [0.4, 0.5) is 0 Å². The smallest absolute Gasteiger partial charge is 0.0946 e. The quantitative estimate of drug-likeness (QED) is 0.526. The summed E-state index contributed by atoms with van der Waals surface area (Å²) in [5, 5.41) is 0. The van der Waals surface area contributed by atoms with E-state index in [-0.39, 0.29) is 0 Å². The van der Waals surface area contributed by atoms with Gasteiger partial charge in [0.15, 0.2) is 0 Å². The van der Waals surface area contributed by atoms with Gasteiger partial charge in [-0.3, -0.25) is 0 Å². The molecule has 3 heteroatoms. The van der Waals surface area contributed by atoms with Gasteiger partial charge in [-0.25, -0.2) is 4.98 Å². The van der Waals surface area contributed by atoms with Crippen LogP contribution in [0.3, 0.4) is 0 Å². The Balaban J connectivity index is 2.25. The molecule has 1 aromatic heterocycles. The van der Waals surface area contributed by atoms with Gasteiger partial charge < -0.3 is 4.57 Å². The molecule has 0 saturated carbocycles. The monoisotopic (exact) mass is 300 g/mol. The van der Waals surface area contributed by atoms with E-state index in [1.54, 1.807) is 0 Å². The Morgan fingerprint density at radius 3 is 2.67 bits per heavy atom. The Morgan fingerprint density at radius 2 is 2.05 bits per heavy atom. The van der Waals surface area contributed by atoms with Gasteiger partial charge in [0.1, 0.15) is 0 Å². The maximum atomic E-state index is 4.11. The average molecular weight is 300 g/mol. The Kier molecular flexibility index (Phi) is 6.12. The van der Waals surface area contributed by atoms with Crippen molar-refractivity contribution in [2.45, 2.75) is 44.6 Å². The summed E-state index contributed by atoms with van der Waals surface area (Å²) in [5.41, 5.74) is 4.45. The first-order chi connectivity index (χ1) is 10.3. The predicted molar refractivity (Wildman–Crippen MR) is 92.1 cm³/mol. The summed E-state index contributed by atoms with van der Waals surface area (Å²) in [5.74, 6) is 0.977. The molecule has 0 unspecified atom stereocenters. The van der Waals surface area contributed by atoms with E-state index in [1.807, 2.05) is 36.6 Å². The fourth-order valence-electron chi connectivity index (χ4n) is 2.61. The van der Waals surface area contributed by atoms with Crippen molar-refractivity contribution in [3.8, 4) is 0 Å². The molecule has 0 spiro atoms. The highest BCUT2D eigenvalue weighted by Crippen LogP contribution is 2.31. The summed E-state index contributed by atoms with van der Waals surface area (Å²) in [4.78, 5) is 5.59. The van der Waals surface area contributed by atoms with Crippen molar-refractivity contribution < 1.29 is 0 Å². The fourth-order valence-corrected chi connectivity index (χ4v) is 3.74. The van der Waals surface area contributed by atoms with E-state index in [0.717, 1.165) is 31.6 Å². The van der Waals surface area contributed by atoms with E-state index in [9.17, 15) is 0 Å². The molecule has 21 heavy (non-hydrogen) atoms. The number of imidazole rings is 1. The minimum atomic E-state index is 0.977. The number of rotatable bonds is 8. The second-order valence-corrected chi connectivity index (χ2v) is 6.08. The molecule has 0 aliphatic carbocycles. The summed E-state index contributed by atoms with van der Waals surface area (Å²) >= 11 is 1.92. The number of benzene rings is 1. The molecule has 112 valence electrons. The standard InChI is InChI=1S/C18H24N2S/c1-4-13-21-18-15(5-2)7-8-16(17(18)6-3)9-11-20-12-10-19-14-20/h4,7-8,10,12,14H,1,5-6,9,11,13H2,2-3H3. The molecule has 2 nitrogen and oxygen atoms in total. The van der Waals surface area contributed by atoms with Crippen LogP contribution < -0.4 is 0 Å². The minimum absolute atomic E-state index is 0.977. The second-order valence-electron chi connectivity index (χ2n) is 5.05. The van der Waals surface area contributed by atoms with Gasteiger partial charge in [-0.15, -0.1) is 18.3 Å². The first kappa shape index (κ1) is 15.9. The number of aryl methyl sites for hydroxylation is 3. The maximum Gasteiger partial charge on any atom is 0.0946 e. The van der Waals surface area contributed by atoms with Crippen molar-refractivity contribution in [3.63, 3.8) is 0 Å². The summed E-state index contributed by atoms with van der Waals surface area (Å²) in [6.07, 6.45) is 11.0. The zero-order valence-electron chi connectivity index (χ0n) is 13.0. The zero-order valence-corrected chi connectivity index (χ0v) is 13.8. The molecule has 0 aliphatic rings. The van der Waals surface area contributed by atoms with Crippen molar-refractivity contribution >= 4 is 11.8 Å². The third-order valence-corrected chi connectivity index (χ3v) is 4.92. The van der Waals surface area contributed by atoms with Crippen LogP contribution in [0.1, 0.15) is 30.5 Å². The van der Waals surface area contributed by atoms with Gasteiger partial charge in [0.25, 0.3) is 0 Å². The summed E-state index contributed by atoms with van der Waals surface area (Å²) < 4.78 is 2.14. The fraction of sp³-hybridized carbons (Fsp3) is 0.389. The molecule has 2 aromatic rings. The Hall–Kier alpha value is -1.48. The highest BCUT2D eigenvalue weighted by atomic mass is 32.2. The molecule has 0 amide bonds. The highest BCUT2D eigenvalue weighted by molar-refractivity contribution is 7.99. The summed E-state index contributed by atoms with van der Waals surface area (Å²) in [6, 6.07) is 4.61. The Bertz CT molecular complexity index is 573. The minimum Gasteiger partial charge on any atom is -0.337 e. The van der Waals surface area contributed by atoms with Crippen molar-refractivity contribution in [1.29, 1.82) is 0 Å². The van der Waals surface area contributed by atoms with Gasteiger partial charge >= 0.3 is 0 Å². The van der Waals surface area contributed by atoms with Gasteiger partial charge in [-0.2, -0.15) is 0 Å². The molecule has 0 N–H and O–H groups in total. The SMILES string of the molecule is C=CCSc1c(CC)ccc(CCn2ccnc2)c1CC. The average Bonchev–Trinajstić information content (AvgIpc) is 3.03. The van der Waals surface area contributed by atoms with Crippen molar-refractivity contribution in [3.05, 3.63) is 60.2 Å². The number of hydrogen-bond donors (Lipinski definition) is 0. The molecule has 0 radical (unpaired) electrons. The first-order valence-electron chi connectivity index (χ1n) is 7.63. The molecule has 0 atom stereocenters. The third kappa shape index (κ3) is 4.01. The summed E-state index contributed by atoms with van der Waals surface area (Å²) in [7, 11) is 0. The van der Waals surface area contributed by atoms with Crippen LogP contribution in [-0.2, 0) is 25.8 Å². The van der Waals surface area contributed by atoms with Crippen LogP contribution in [0.25, 0.3) is 0 Å². The largest absolute Gasteiger partial charge is 0.337 e. The van der Waals surface area contributed by atoms with E-state index in [2.05, 4.69) is 42.1 Å². The Morgan fingerprint density at radius 1 is 1.24 bits per heavy atom. The van der Waals surface area contributed by atoms with Crippen LogP contribution >= 0.6 is 11.8 Å². The van der Waals surface area contributed by atoms with Crippen molar-refractivity contribution in [1.82, 2.24) is 9.55 Å². The molecule has 1 heterocycles. The molecule has 2 rings (SSSR count). The molecule has 0 bridgehead atoms. The lowest BCUT2D eigenvalue weighted by Gasteiger charge is -2.17. The molecular formula is C18H24N2S. The predicted octanol–water partition coefficient (Wildman–Crippen LogP) is 4.53. The van der Waals surface area contributed by atoms with Gasteiger partial charge in [0.05, 0.1) is 6.33 Å². The molecule has 0 saturated heterocycles. The zero-order chi connectivity index (χ0) is 15.1. The maximum absolute atomic E-state index is 4.11. The van der Waals surface area contributed by atoms with Crippen LogP contribution in [0.15, 0.2) is 48.4 Å². The van der Waals surface area contributed by atoms with Crippen LogP contribution in [0.5, 0.6) is 0 Å². The Labute approximate surface area is 132 Å². The molecule has 0 aliphatic heterocycles. The van der Waals surface area contributed by atoms with E-state index in [1.165, 1.54) is 21.6 Å². The molecule has 1 aromatic carbocycles. The third-order valence-electron chi connectivity index (χ3n) is 3.72. The highest BCUT2D eigenvalue weighted by Gasteiger charge is 2.11. The van der Waals surface area contributed by atoms with Gasteiger partial charge in [-0.1, -0.05) is 32.1 Å². The second kappa shape index (κ2) is 8.08. The summed E-state index contributed by atoms with van der Waals surface area (Å²) in [6.45, 7) is 9.33. The number of hydrogen-bond acceptors (Lipinski definition) is 2. The van der Waals surface area contributed by atoms with Gasteiger partial charge in [0, 0.05) is 29.6 Å². The van der Waals surface area contributed by atoms with E-state index >= 15 is 0 Å². The lowest BCUT2D eigenvalue weighted by atomic mass is 9.98. The lowest BCUT2D eigenvalue weighted by Crippen LogP contribution is -2.04.